The van der Waals surface area contributed by atoms with Crippen molar-refractivity contribution in [1.82, 2.24) is 0 Å². The largest absolute Gasteiger partial charge is 1.00 e. The molecule has 0 aliphatic carbocycles. The Bertz CT molecular complexity index is 158. The van der Waals surface area contributed by atoms with Crippen LogP contribution in [-0.4, -0.2) is 11.1 Å². The number of hydrogen-bond acceptors (Lipinski definition) is 1. The maximum atomic E-state index is 10.7. The molecule has 0 saturated carbocycles. The summed E-state index contributed by atoms with van der Waals surface area (Å²) in [4.78, 5) is 10.7. The van der Waals surface area contributed by atoms with Gasteiger partial charge in [0.2, 0.25) is 0 Å². The molecule has 0 rings (SSSR count). The Morgan fingerprint density at radius 2 is 1.42 bits per heavy atom. The van der Waals surface area contributed by atoms with Gasteiger partial charge in [0.15, 0.2) is 0 Å². The zero-order valence-electron chi connectivity index (χ0n) is 11.4. The van der Waals surface area contributed by atoms with Crippen LogP contribution < -0.4 is 48.4 Å². The SMILES string of the molecule is CC(C)(C)C(C)(C)C(=O)O.[H-].[H-].[Li+].[Na+]. The summed E-state index contributed by atoms with van der Waals surface area (Å²) >= 11 is 0. The molecule has 4 heteroatoms. The normalized spacial score (nSPS) is 11.1. The third kappa shape index (κ3) is 4.34. The van der Waals surface area contributed by atoms with Crippen LogP contribution >= 0.6 is 0 Å². The predicted molar refractivity (Wildman–Crippen MR) is 43.1 cm³/mol. The van der Waals surface area contributed by atoms with Crippen molar-refractivity contribution >= 4 is 5.97 Å². The summed E-state index contributed by atoms with van der Waals surface area (Å²) in [5, 5.41) is 8.78. The average molecular weight is 176 g/mol. The fourth-order valence-electron chi connectivity index (χ4n) is 0.321. The van der Waals surface area contributed by atoms with Crippen LogP contribution in [-0.2, 0) is 4.79 Å². The van der Waals surface area contributed by atoms with Gasteiger partial charge < -0.3 is 7.96 Å². The molecule has 0 bridgehead atoms. The fraction of sp³-hybridized carbons (Fsp3) is 0.875. The molecule has 12 heavy (non-hydrogen) atoms. The van der Waals surface area contributed by atoms with E-state index in [1.165, 1.54) is 0 Å². The van der Waals surface area contributed by atoms with Gasteiger partial charge in [-0.25, -0.2) is 0 Å². The quantitative estimate of drug-likeness (QED) is 0.419. The van der Waals surface area contributed by atoms with Gasteiger partial charge in [-0.05, 0) is 19.3 Å². The first-order chi connectivity index (χ1) is 4.19. The van der Waals surface area contributed by atoms with Crippen molar-refractivity contribution in [1.29, 1.82) is 0 Å². The maximum absolute atomic E-state index is 10.7. The van der Waals surface area contributed by atoms with Crippen LogP contribution in [0.2, 0.25) is 0 Å². The number of carboxylic acid groups (broad SMARTS) is 1. The number of carboxylic acids is 1. The number of rotatable bonds is 1. The van der Waals surface area contributed by atoms with E-state index in [0.29, 0.717) is 0 Å². The Morgan fingerprint density at radius 1 is 1.17 bits per heavy atom. The average Bonchev–Trinajstić information content (AvgIpc) is 1.62. The van der Waals surface area contributed by atoms with Crippen LogP contribution in [0.1, 0.15) is 37.5 Å². The molecule has 0 atom stereocenters. The minimum absolute atomic E-state index is 0. The van der Waals surface area contributed by atoms with Crippen LogP contribution in [0.3, 0.4) is 0 Å². The van der Waals surface area contributed by atoms with Crippen molar-refractivity contribution in [2.45, 2.75) is 34.6 Å². The van der Waals surface area contributed by atoms with Crippen LogP contribution in [0.4, 0.5) is 0 Å². The van der Waals surface area contributed by atoms with Gasteiger partial charge in [0, 0.05) is 0 Å². The molecule has 1 N–H and O–H groups in total. The third-order valence-electron chi connectivity index (χ3n) is 2.41. The van der Waals surface area contributed by atoms with Gasteiger partial charge >= 0.3 is 54.4 Å². The molecule has 0 aromatic carbocycles. The van der Waals surface area contributed by atoms with Crippen molar-refractivity contribution in [2.75, 3.05) is 0 Å². The Labute approximate surface area is 112 Å². The van der Waals surface area contributed by atoms with Crippen LogP contribution in [0.5, 0.6) is 0 Å². The van der Waals surface area contributed by atoms with Gasteiger partial charge in [-0.15, -0.1) is 0 Å². The molecule has 0 aliphatic rings. The van der Waals surface area contributed by atoms with E-state index in [1.54, 1.807) is 13.8 Å². The van der Waals surface area contributed by atoms with E-state index in [2.05, 4.69) is 0 Å². The monoisotopic (exact) mass is 176 g/mol. The number of aliphatic carboxylic acids is 1. The molecule has 64 valence electrons. The fourth-order valence-corrected chi connectivity index (χ4v) is 0.321. The second-order valence-electron chi connectivity index (χ2n) is 4.18. The summed E-state index contributed by atoms with van der Waals surface area (Å²) in [6, 6.07) is 0. The summed E-state index contributed by atoms with van der Waals surface area (Å²) in [6.45, 7) is 9.29. The molecule has 0 heterocycles. The molecule has 0 spiro atoms. The van der Waals surface area contributed by atoms with E-state index >= 15 is 0 Å². The minimum Gasteiger partial charge on any atom is -1.00 e. The molecular formula is C8H18LiNaO2. The first kappa shape index (κ1) is 18.8. The van der Waals surface area contributed by atoms with E-state index in [0.717, 1.165) is 0 Å². The predicted octanol–water partition coefficient (Wildman–Crippen LogP) is -3.62. The van der Waals surface area contributed by atoms with Gasteiger partial charge in [-0.1, -0.05) is 20.8 Å². The topological polar surface area (TPSA) is 37.3 Å². The second kappa shape index (κ2) is 5.73. The molecule has 2 nitrogen and oxygen atoms in total. The van der Waals surface area contributed by atoms with Crippen molar-refractivity contribution in [3.63, 3.8) is 0 Å². The molecule has 0 unspecified atom stereocenters. The van der Waals surface area contributed by atoms with E-state index in [-0.39, 0.29) is 56.7 Å². The van der Waals surface area contributed by atoms with Crippen LogP contribution in [0.15, 0.2) is 0 Å². The third-order valence-corrected chi connectivity index (χ3v) is 2.41. The zero-order valence-corrected chi connectivity index (χ0v) is 11.4. The Hall–Kier alpha value is 1.07. The van der Waals surface area contributed by atoms with Crippen molar-refractivity contribution in [3.05, 3.63) is 0 Å². The molecule has 0 radical (unpaired) electrons. The van der Waals surface area contributed by atoms with Gasteiger partial charge in [0.1, 0.15) is 0 Å². The maximum Gasteiger partial charge on any atom is 1.00 e. The summed E-state index contributed by atoms with van der Waals surface area (Å²) in [7, 11) is 0. The Morgan fingerprint density at radius 3 is 1.42 bits per heavy atom. The van der Waals surface area contributed by atoms with Crippen molar-refractivity contribution in [2.24, 2.45) is 10.8 Å². The second-order valence-corrected chi connectivity index (χ2v) is 4.18. The molecular weight excluding hydrogens is 158 g/mol. The zero-order chi connectivity index (χ0) is 8.58. The first-order valence-corrected chi connectivity index (χ1v) is 3.43. The molecule has 0 aliphatic heterocycles. The van der Waals surface area contributed by atoms with Gasteiger partial charge in [0.25, 0.3) is 0 Å². The Kier molecular flexibility index (Phi) is 8.96. The van der Waals surface area contributed by atoms with E-state index in [1.807, 2.05) is 20.8 Å². The summed E-state index contributed by atoms with van der Waals surface area (Å²) in [5.74, 6) is -0.736. The number of hydrogen-bond donors (Lipinski definition) is 1. The van der Waals surface area contributed by atoms with E-state index < -0.39 is 11.4 Å². The molecule has 0 saturated heterocycles. The van der Waals surface area contributed by atoms with Crippen LogP contribution in [0, 0.1) is 10.8 Å². The van der Waals surface area contributed by atoms with E-state index in [4.69, 9.17) is 5.11 Å². The number of carbonyl (C=O) groups is 1. The van der Waals surface area contributed by atoms with Crippen molar-refractivity contribution in [3.8, 4) is 0 Å². The minimum atomic E-state index is -0.736. The Balaban J connectivity index is -0.0000000675. The van der Waals surface area contributed by atoms with Gasteiger partial charge in [0.05, 0.1) is 5.41 Å². The molecule has 0 aromatic heterocycles. The van der Waals surface area contributed by atoms with Crippen LogP contribution in [0.25, 0.3) is 0 Å². The van der Waals surface area contributed by atoms with Gasteiger partial charge in [-0.3, -0.25) is 4.79 Å². The molecule has 0 amide bonds. The summed E-state index contributed by atoms with van der Waals surface area (Å²) < 4.78 is 0. The standard InChI is InChI=1S/C8H16O2.Li.Na.2H/c1-7(2,3)8(4,5)6(9)10;;;;/h1-5H3,(H,9,10);;;;/q;2*+1;2*-1. The smallest absolute Gasteiger partial charge is 1.00 e. The van der Waals surface area contributed by atoms with Gasteiger partial charge in [-0.2, -0.15) is 0 Å². The van der Waals surface area contributed by atoms with Crippen molar-refractivity contribution < 1.29 is 61.2 Å². The summed E-state index contributed by atoms with van der Waals surface area (Å²) in [5.41, 5.74) is -0.828. The summed E-state index contributed by atoms with van der Waals surface area (Å²) in [6.07, 6.45) is 0. The molecule has 0 fully saturated rings. The molecule has 0 aromatic rings. The van der Waals surface area contributed by atoms with E-state index in [9.17, 15) is 4.79 Å². The first-order valence-electron chi connectivity index (χ1n) is 3.43.